The summed E-state index contributed by atoms with van der Waals surface area (Å²) in [6.07, 6.45) is 9.72. The highest BCUT2D eigenvalue weighted by molar-refractivity contribution is 5.83. The molecule has 1 aliphatic heterocycles. The summed E-state index contributed by atoms with van der Waals surface area (Å²) < 4.78 is 11.9. The highest BCUT2D eigenvalue weighted by Crippen LogP contribution is 2.53. The molecule has 3 heteroatoms. The Kier molecular flexibility index (Phi) is 5.19. The van der Waals surface area contributed by atoms with Gasteiger partial charge in [-0.2, -0.15) is 0 Å². The number of hydrogen-bond acceptors (Lipinski definition) is 3. The first-order valence-corrected chi connectivity index (χ1v) is 10.2. The van der Waals surface area contributed by atoms with Gasteiger partial charge >= 0.3 is 0 Å². The maximum Gasteiger partial charge on any atom is 0.121 e. The lowest BCUT2D eigenvalue weighted by molar-refractivity contribution is 0.0237. The smallest absolute Gasteiger partial charge is 0.121 e. The predicted octanol–water partition coefficient (Wildman–Crippen LogP) is 4.80. The molecule has 3 aliphatic rings. The Bertz CT molecular complexity index is 693. The van der Waals surface area contributed by atoms with Crippen LogP contribution in [-0.4, -0.2) is 43.3 Å². The fourth-order valence-electron chi connectivity index (χ4n) is 5.36. The van der Waals surface area contributed by atoms with E-state index in [0.29, 0.717) is 6.04 Å². The summed E-state index contributed by atoms with van der Waals surface area (Å²) in [5.74, 6) is 1.18. The normalized spacial score (nSPS) is 29.0. The summed E-state index contributed by atoms with van der Waals surface area (Å²) in [5, 5.41) is 0. The van der Waals surface area contributed by atoms with Gasteiger partial charge in [0.05, 0.1) is 13.2 Å². The van der Waals surface area contributed by atoms with Crippen molar-refractivity contribution >= 4 is 5.57 Å². The van der Waals surface area contributed by atoms with Crippen molar-refractivity contribution in [2.75, 3.05) is 26.9 Å². The second-order valence-electron chi connectivity index (χ2n) is 7.71. The van der Waals surface area contributed by atoms with Crippen LogP contribution < -0.4 is 0 Å². The number of methoxy groups -OCH3 is 1. The highest BCUT2D eigenvalue weighted by Gasteiger charge is 2.53. The number of rotatable bonds is 6. The van der Waals surface area contributed by atoms with Gasteiger partial charge in [-0.05, 0) is 68.4 Å². The van der Waals surface area contributed by atoms with E-state index >= 15 is 0 Å². The molecule has 1 unspecified atom stereocenters. The van der Waals surface area contributed by atoms with E-state index in [9.17, 15) is 0 Å². The molecule has 0 amide bonds. The Labute approximate surface area is 157 Å². The summed E-state index contributed by atoms with van der Waals surface area (Å²) in [7, 11) is 1.83. The minimum absolute atomic E-state index is 0.0425. The van der Waals surface area contributed by atoms with E-state index in [2.05, 4.69) is 48.2 Å². The van der Waals surface area contributed by atoms with Gasteiger partial charge in [0.2, 0.25) is 0 Å². The van der Waals surface area contributed by atoms with E-state index in [1.807, 2.05) is 7.11 Å². The van der Waals surface area contributed by atoms with Crippen molar-refractivity contribution in [3.05, 3.63) is 53.3 Å². The van der Waals surface area contributed by atoms with Gasteiger partial charge in [-0.25, -0.2) is 0 Å². The van der Waals surface area contributed by atoms with Crippen molar-refractivity contribution in [2.45, 2.75) is 57.0 Å². The summed E-state index contributed by atoms with van der Waals surface area (Å²) >= 11 is 0. The second kappa shape index (κ2) is 7.58. The topological polar surface area (TPSA) is 21.7 Å². The highest BCUT2D eigenvalue weighted by atomic mass is 16.5. The molecule has 0 bridgehead atoms. The van der Waals surface area contributed by atoms with E-state index in [4.69, 9.17) is 9.47 Å². The Morgan fingerprint density at radius 2 is 2.00 bits per heavy atom. The molecule has 1 heterocycles. The number of allylic oxidation sites excluding steroid dienone is 2. The van der Waals surface area contributed by atoms with Crippen molar-refractivity contribution in [3.8, 4) is 0 Å². The molecule has 0 radical (unpaired) electrons. The number of nitrogens with zero attached hydrogens (tertiary/aromatic N) is 1. The summed E-state index contributed by atoms with van der Waals surface area (Å²) in [6.45, 7) is 4.79. The van der Waals surface area contributed by atoms with Gasteiger partial charge in [-0.3, -0.25) is 4.90 Å². The first-order valence-electron chi connectivity index (χ1n) is 10.2. The zero-order valence-electron chi connectivity index (χ0n) is 16.2. The summed E-state index contributed by atoms with van der Waals surface area (Å²) in [5.41, 5.74) is 4.27. The molecule has 4 rings (SSSR count). The van der Waals surface area contributed by atoms with E-state index in [1.54, 1.807) is 5.57 Å². The number of benzene rings is 1. The fourth-order valence-corrected chi connectivity index (χ4v) is 5.36. The number of likely N-dealkylation sites (tertiary alicyclic amines) is 1. The van der Waals surface area contributed by atoms with Gasteiger partial charge in [-0.1, -0.05) is 36.8 Å². The Morgan fingerprint density at radius 3 is 2.77 bits per heavy atom. The zero-order valence-corrected chi connectivity index (χ0v) is 16.2. The van der Waals surface area contributed by atoms with Crippen molar-refractivity contribution in [1.82, 2.24) is 4.90 Å². The van der Waals surface area contributed by atoms with Gasteiger partial charge in [0.1, 0.15) is 11.3 Å². The quantitative estimate of drug-likeness (QED) is 0.733. The van der Waals surface area contributed by atoms with Crippen LogP contribution in [0, 0.1) is 0 Å². The molecule has 0 aromatic heterocycles. The molecule has 0 N–H and O–H groups in total. The largest absolute Gasteiger partial charge is 0.496 e. The maximum atomic E-state index is 6.30. The number of hydrogen-bond donors (Lipinski definition) is 0. The molecular formula is C23H31NO2. The molecule has 2 fully saturated rings. The molecule has 26 heavy (non-hydrogen) atoms. The Balaban J connectivity index is 1.83. The van der Waals surface area contributed by atoms with Gasteiger partial charge in [0.25, 0.3) is 0 Å². The van der Waals surface area contributed by atoms with Crippen LogP contribution in [0.2, 0.25) is 0 Å². The molecule has 1 aromatic carbocycles. The van der Waals surface area contributed by atoms with Crippen molar-refractivity contribution in [3.63, 3.8) is 0 Å². The van der Waals surface area contributed by atoms with E-state index in [-0.39, 0.29) is 5.54 Å². The molecule has 2 atom stereocenters. The van der Waals surface area contributed by atoms with Crippen LogP contribution in [-0.2, 0) is 9.47 Å². The molecule has 3 nitrogen and oxygen atoms in total. The Hall–Kier alpha value is -1.58. The lowest BCUT2D eigenvalue weighted by Crippen LogP contribution is -2.55. The minimum Gasteiger partial charge on any atom is -0.496 e. The Morgan fingerprint density at radius 1 is 1.15 bits per heavy atom. The van der Waals surface area contributed by atoms with Crippen LogP contribution >= 0.6 is 0 Å². The minimum atomic E-state index is -0.0425. The third kappa shape index (κ3) is 2.82. The zero-order chi connectivity index (χ0) is 18.0. The van der Waals surface area contributed by atoms with E-state index in [0.717, 1.165) is 19.8 Å². The van der Waals surface area contributed by atoms with Gasteiger partial charge in [-0.15, -0.1) is 0 Å². The number of ether oxygens (including phenoxy) is 2. The van der Waals surface area contributed by atoms with E-state index in [1.165, 1.54) is 55.4 Å². The average Bonchev–Trinajstić information content (AvgIpc) is 3.27. The van der Waals surface area contributed by atoms with Crippen molar-refractivity contribution in [1.29, 1.82) is 0 Å². The standard InChI is InChI=1S/C23H31NO2/c1-3-26-22-16-20(18-10-5-4-6-11-18)21-13-7-8-14-23(21,22)24-15-9-12-19(24)17-25-2/h4-6,10-11,16,19H,3,7-9,12-15,17H2,1-2H3/t19-,23?/m1/s1. The molecule has 2 aliphatic carbocycles. The van der Waals surface area contributed by atoms with Crippen molar-refractivity contribution < 1.29 is 9.47 Å². The van der Waals surface area contributed by atoms with Gasteiger partial charge in [0.15, 0.2) is 0 Å². The second-order valence-corrected chi connectivity index (χ2v) is 7.71. The van der Waals surface area contributed by atoms with Crippen molar-refractivity contribution in [2.24, 2.45) is 0 Å². The molecule has 1 saturated carbocycles. The lowest BCUT2D eigenvalue weighted by atomic mass is 9.75. The van der Waals surface area contributed by atoms with Crippen LogP contribution in [0.25, 0.3) is 5.57 Å². The van der Waals surface area contributed by atoms with Gasteiger partial charge < -0.3 is 9.47 Å². The van der Waals surface area contributed by atoms with Crippen LogP contribution in [0.15, 0.2) is 47.7 Å². The maximum absolute atomic E-state index is 6.30. The monoisotopic (exact) mass is 353 g/mol. The van der Waals surface area contributed by atoms with Crippen LogP contribution in [0.5, 0.6) is 0 Å². The molecule has 1 saturated heterocycles. The van der Waals surface area contributed by atoms with E-state index < -0.39 is 0 Å². The number of fused-ring (bicyclic) bond motifs is 1. The third-order valence-corrected chi connectivity index (χ3v) is 6.33. The average molecular weight is 354 g/mol. The molecule has 0 spiro atoms. The first-order chi connectivity index (χ1) is 12.8. The summed E-state index contributed by atoms with van der Waals surface area (Å²) in [6, 6.07) is 11.4. The molecular weight excluding hydrogens is 322 g/mol. The predicted molar refractivity (Wildman–Crippen MR) is 106 cm³/mol. The first kappa shape index (κ1) is 17.8. The van der Waals surface area contributed by atoms with Gasteiger partial charge in [0, 0.05) is 13.2 Å². The molecule has 140 valence electrons. The summed E-state index contributed by atoms with van der Waals surface area (Å²) in [4.78, 5) is 2.72. The SMILES string of the molecule is CCOC1=CC(c2ccccc2)=C2CCCCC12N1CCC[C@@H]1COC. The fraction of sp³-hybridized carbons (Fsp3) is 0.565. The third-order valence-electron chi connectivity index (χ3n) is 6.33. The molecule has 1 aromatic rings. The van der Waals surface area contributed by atoms with Crippen LogP contribution in [0.1, 0.15) is 51.0 Å². The van der Waals surface area contributed by atoms with Crippen LogP contribution in [0.3, 0.4) is 0 Å². The van der Waals surface area contributed by atoms with Crippen LogP contribution in [0.4, 0.5) is 0 Å². The lowest BCUT2D eigenvalue weighted by Gasteiger charge is -2.48.